The number of nitrogens with zero attached hydrogens (tertiary/aromatic N) is 2. The van der Waals surface area contributed by atoms with Crippen LogP contribution in [0.2, 0.25) is 0 Å². The average Bonchev–Trinajstić information content (AvgIpc) is 2.05. The Morgan fingerprint density at radius 2 is 2.36 bits per heavy atom. The fourth-order valence-corrected chi connectivity index (χ4v) is 0.619. The van der Waals surface area contributed by atoms with Gasteiger partial charge in [0.2, 0.25) is 0 Å². The van der Waals surface area contributed by atoms with Crippen molar-refractivity contribution in [2.45, 2.75) is 19.8 Å². The van der Waals surface area contributed by atoms with Crippen molar-refractivity contribution in [1.82, 2.24) is 0 Å². The molecular weight excluding hydrogens is 142 g/mol. The number of aliphatic imine (C=N–C) groups is 1. The van der Waals surface area contributed by atoms with E-state index in [1.165, 1.54) is 0 Å². The second-order valence-electron chi connectivity index (χ2n) is 2.08. The van der Waals surface area contributed by atoms with Crippen LogP contribution in [0.4, 0.5) is 0 Å². The van der Waals surface area contributed by atoms with Crippen molar-refractivity contribution in [1.29, 1.82) is 0 Å². The van der Waals surface area contributed by atoms with Crippen LogP contribution >= 0.6 is 0 Å². The van der Waals surface area contributed by atoms with E-state index >= 15 is 0 Å². The van der Waals surface area contributed by atoms with E-state index in [9.17, 15) is 0 Å². The summed E-state index contributed by atoms with van der Waals surface area (Å²) in [5.41, 5.74) is 0.737. The van der Waals surface area contributed by atoms with Gasteiger partial charge in [-0.3, -0.25) is 4.99 Å². The van der Waals surface area contributed by atoms with Gasteiger partial charge < -0.3 is 10.9 Å². The zero-order chi connectivity index (χ0) is 8.53. The molecular formula is C7H15N3O. The van der Waals surface area contributed by atoms with Crippen LogP contribution in [0.5, 0.6) is 0 Å². The summed E-state index contributed by atoms with van der Waals surface area (Å²) in [6.45, 7) is 2.84. The van der Waals surface area contributed by atoms with Crippen molar-refractivity contribution >= 4 is 11.9 Å². The van der Waals surface area contributed by atoms with Crippen LogP contribution in [0.25, 0.3) is 0 Å². The number of hydrogen-bond donors (Lipinski definition) is 2. The second-order valence-corrected chi connectivity index (χ2v) is 2.08. The maximum Gasteiger partial charge on any atom is 0.0779 e. The number of aliphatic hydroxyl groups is 1. The molecule has 4 nitrogen and oxygen atoms in total. The fourth-order valence-electron chi connectivity index (χ4n) is 0.619. The molecule has 0 amide bonds. The molecule has 0 spiro atoms. The summed E-state index contributed by atoms with van der Waals surface area (Å²) in [7, 11) is 0. The van der Waals surface area contributed by atoms with Crippen LogP contribution < -0.4 is 5.84 Å². The minimum Gasteiger partial charge on any atom is -0.396 e. The molecule has 0 aliphatic rings. The average molecular weight is 157 g/mol. The number of hydrazone groups is 1. The number of rotatable bonds is 5. The van der Waals surface area contributed by atoms with Gasteiger partial charge in [-0.05, 0) is 19.8 Å². The summed E-state index contributed by atoms with van der Waals surface area (Å²) < 4.78 is 0. The van der Waals surface area contributed by atoms with Crippen molar-refractivity contribution < 1.29 is 5.11 Å². The van der Waals surface area contributed by atoms with Crippen molar-refractivity contribution in [2.75, 3.05) is 13.2 Å². The van der Waals surface area contributed by atoms with E-state index in [0.717, 1.165) is 12.3 Å². The molecule has 11 heavy (non-hydrogen) atoms. The molecule has 4 heteroatoms. The lowest BCUT2D eigenvalue weighted by atomic mass is 10.2. The molecule has 0 aromatic heterocycles. The zero-order valence-electron chi connectivity index (χ0n) is 6.82. The first-order valence-corrected chi connectivity index (χ1v) is 3.72. The maximum atomic E-state index is 8.50. The normalized spacial score (nSPS) is 12.7. The van der Waals surface area contributed by atoms with Gasteiger partial charge in [0.25, 0.3) is 0 Å². The Morgan fingerprint density at radius 1 is 1.64 bits per heavy atom. The summed E-state index contributed by atoms with van der Waals surface area (Å²) in [5, 5.41) is 12.0. The van der Waals surface area contributed by atoms with Gasteiger partial charge in [-0.1, -0.05) is 0 Å². The first-order valence-electron chi connectivity index (χ1n) is 3.72. The molecule has 0 fully saturated rings. The van der Waals surface area contributed by atoms with Gasteiger partial charge in [0.15, 0.2) is 0 Å². The van der Waals surface area contributed by atoms with Crippen LogP contribution in [0, 0.1) is 0 Å². The van der Waals surface area contributed by atoms with E-state index in [1.807, 2.05) is 6.92 Å². The molecule has 0 aliphatic carbocycles. The molecule has 0 aromatic rings. The Labute approximate surface area is 66.8 Å². The van der Waals surface area contributed by atoms with Crippen molar-refractivity contribution in [3.8, 4) is 0 Å². The second kappa shape index (κ2) is 7.21. The molecule has 0 aromatic carbocycles. The molecule has 0 aliphatic heterocycles. The fraction of sp³-hybridized carbons (Fsp3) is 0.714. The van der Waals surface area contributed by atoms with E-state index in [-0.39, 0.29) is 6.61 Å². The molecule has 0 saturated carbocycles. The summed E-state index contributed by atoms with van der Waals surface area (Å²) in [5.74, 6) is 5.07. The first-order chi connectivity index (χ1) is 5.35. The summed E-state index contributed by atoms with van der Waals surface area (Å²) in [6, 6.07) is 0. The van der Waals surface area contributed by atoms with Gasteiger partial charge in [0, 0.05) is 19.4 Å². The van der Waals surface area contributed by atoms with Gasteiger partial charge in [-0.15, -0.1) is 0 Å². The number of nitrogens with two attached hydrogens (primary N) is 1. The Morgan fingerprint density at radius 3 is 2.82 bits per heavy atom. The van der Waals surface area contributed by atoms with Crippen LogP contribution in [0.3, 0.4) is 0 Å². The van der Waals surface area contributed by atoms with Crippen LogP contribution in [0.15, 0.2) is 10.1 Å². The highest BCUT2D eigenvalue weighted by molar-refractivity contribution is 6.30. The third-order valence-corrected chi connectivity index (χ3v) is 1.18. The Balaban J connectivity index is 3.68. The van der Waals surface area contributed by atoms with Crippen LogP contribution in [0.1, 0.15) is 19.8 Å². The van der Waals surface area contributed by atoms with Crippen molar-refractivity contribution in [2.24, 2.45) is 15.9 Å². The monoisotopic (exact) mass is 157 g/mol. The van der Waals surface area contributed by atoms with E-state index < -0.39 is 0 Å². The molecule has 0 saturated heterocycles. The molecule has 0 unspecified atom stereocenters. The summed E-state index contributed by atoms with van der Waals surface area (Å²) >= 11 is 0. The Kier molecular flexibility index (Phi) is 6.62. The number of aliphatic hydroxyl groups excluding tert-OH is 1. The molecule has 64 valence electrons. The van der Waals surface area contributed by atoms with Crippen LogP contribution in [-0.2, 0) is 0 Å². The van der Waals surface area contributed by atoms with E-state index in [4.69, 9.17) is 10.9 Å². The standard InChI is InChI=1S/C7H15N3O/c1-2-9-6-7(10-8)4-3-5-11/h6,11H,2-5,8H2,1H3/b9-6?,10-7-. The molecule has 0 heterocycles. The van der Waals surface area contributed by atoms with Crippen molar-refractivity contribution in [3.63, 3.8) is 0 Å². The molecule has 3 N–H and O–H groups in total. The quantitative estimate of drug-likeness (QED) is 0.339. The third kappa shape index (κ3) is 5.54. The van der Waals surface area contributed by atoms with Crippen molar-refractivity contribution in [3.05, 3.63) is 0 Å². The minimum absolute atomic E-state index is 0.166. The van der Waals surface area contributed by atoms with Gasteiger partial charge in [0.05, 0.1) is 5.71 Å². The van der Waals surface area contributed by atoms with Gasteiger partial charge in [-0.2, -0.15) is 5.10 Å². The highest BCUT2D eigenvalue weighted by atomic mass is 16.2. The van der Waals surface area contributed by atoms with Gasteiger partial charge in [0.1, 0.15) is 0 Å². The lowest BCUT2D eigenvalue weighted by molar-refractivity contribution is 0.291. The Bertz CT molecular complexity index is 143. The highest BCUT2D eigenvalue weighted by Crippen LogP contribution is 1.88. The summed E-state index contributed by atoms with van der Waals surface area (Å²) in [4.78, 5) is 3.98. The van der Waals surface area contributed by atoms with E-state index in [2.05, 4.69) is 10.1 Å². The predicted octanol–water partition coefficient (Wildman–Crippen LogP) is 0.164. The number of hydrogen-bond acceptors (Lipinski definition) is 4. The Hall–Kier alpha value is -0.900. The lowest BCUT2D eigenvalue weighted by Crippen LogP contribution is -2.05. The zero-order valence-corrected chi connectivity index (χ0v) is 6.82. The first kappa shape index (κ1) is 10.1. The highest BCUT2D eigenvalue weighted by Gasteiger charge is 1.92. The topological polar surface area (TPSA) is 71.0 Å². The van der Waals surface area contributed by atoms with E-state index in [0.29, 0.717) is 12.8 Å². The maximum absolute atomic E-state index is 8.50. The largest absolute Gasteiger partial charge is 0.396 e. The van der Waals surface area contributed by atoms with E-state index in [1.54, 1.807) is 6.21 Å². The van der Waals surface area contributed by atoms with Crippen LogP contribution in [-0.4, -0.2) is 30.2 Å². The molecule has 0 bridgehead atoms. The van der Waals surface area contributed by atoms with Gasteiger partial charge in [-0.25, -0.2) is 0 Å². The lowest BCUT2D eigenvalue weighted by Gasteiger charge is -1.95. The SMILES string of the molecule is CCN=C/C(CCCO)=N\N. The molecule has 0 atom stereocenters. The van der Waals surface area contributed by atoms with Gasteiger partial charge >= 0.3 is 0 Å². The smallest absolute Gasteiger partial charge is 0.0779 e. The molecule has 0 radical (unpaired) electrons. The summed E-state index contributed by atoms with van der Waals surface area (Å²) in [6.07, 6.45) is 3.03. The molecule has 0 rings (SSSR count). The third-order valence-electron chi connectivity index (χ3n) is 1.18. The minimum atomic E-state index is 0.166. The predicted molar refractivity (Wildman–Crippen MR) is 47.0 cm³/mol.